The van der Waals surface area contributed by atoms with Crippen molar-refractivity contribution < 1.29 is 9.63 Å². The van der Waals surface area contributed by atoms with E-state index in [4.69, 9.17) is 10.3 Å². The zero-order valence-electron chi connectivity index (χ0n) is 10.5. The van der Waals surface area contributed by atoms with E-state index in [9.17, 15) is 5.11 Å². The summed E-state index contributed by atoms with van der Waals surface area (Å²) >= 11 is 0. The molecule has 0 saturated heterocycles. The monoisotopic (exact) mass is 247 g/mol. The predicted octanol–water partition coefficient (Wildman–Crippen LogP) is 2.49. The van der Waals surface area contributed by atoms with Crippen molar-refractivity contribution >= 4 is 0 Å². The lowest BCUT2D eigenvalue weighted by atomic mass is 10.0. The summed E-state index contributed by atoms with van der Waals surface area (Å²) in [6.45, 7) is 4.19. The van der Waals surface area contributed by atoms with Gasteiger partial charge < -0.3 is 15.4 Å². The van der Waals surface area contributed by atoms with Gasteiger partial charge in [-0.2, -0.15) is 4.98 Å². The summed E-state index contributed by atoms with van der Waals surface area (Å²) in [7, 11) is 0. The van der Waals surface area contributed by atoms with Crippen LogP contribution in [-0.2, 0) is 0 Å². The van der Waals surface area contributed by atoms with Gasteiger partial charge in [0.05, 0.1) is 6.04 Å². The van der Waals surface area contributed by atoms with Crippen molar-refractivity contribution in [3.05, 3.63) is 30.2 Å². The molecule has 0 amide bonds. The third kappa shape index (κ3) is 2.87. The second-order valence-electron chi connectivity index (χ2n) is 4.74. The van der Waals surface area contributed by atoms with Crippen molar-refractivity contribution in [2.24, 2.45) is 11.7 Å². The number of phenols is 1. The van der Waals surface area contributed by atoms with Crippen LogP contribution in [0.1, 0.15) is 32.2 Å². The lowest BCUT2D eigenvalue weighted by Crippen LogP contribution is -2.13. The minimum absolute atomic E-state index is 0.207. The van der Waals surface area contributed by atoms with Gasteiger partial charge in [-0.05, 0) is 36.6 Å². The molecule has 0 radical (unpaired) electrons. The molecular formula is C13H17N3O2. The molecule has 18 heavy (non-hydrogen) atoms. The summed E-state index contributed by atoms with van der Waals surface area (Å²) in [4.78, 5) is 4.28. The Morgan fingerprint density at radius 2 is 1.94 bits per heavy atom. The van der Waals surface area contributed by atoms with E-state index in [2.05, 4.69) is 24.0 Å². The summed E-state index contributed by atoms with van der Waals surface area (Å²) in [5, 5.41) is 13.1. The molecule has 0 aliphatic heterocycles. The van der Waals surface area contributed by atoms with Crippen molar-refractivity contribution in [3.8, 4) is 17.1 Å². The maximum Gasteiger partial charge on any atom is 0.243 e. The van der Waals surface area contributed by atoms with Gasteiger partial charge in [0.25, 0.3) is 0 Å². The smallest absolute Gasteiger partial charge is 0.243 e. The molecule has 1 aromatic carbocycles. The number of phenolic OH excluding ortho intramolecular Hbond substituents is 1. The highest BCUT2D eigenvalue weighted by molar-refractivity contribution is 5.55. The number of rotatable bonds is 4. The van der Waals surface area contributed by atoms with Gasteiger partial charge >= 0.3 is 0 Å². The molecule has 1 aromatic heterocycles. The lowest BCUT2D eigenvalue weighted by molar-refractivity contribution is 0.335. The van der Waals surface area contributed by atoms with Gasteiger partial charge in [0, 0.05) is 5.56 Å². The highest BCUT2D eigenvalue weighted by Crippen LogP contribution is 2.22. The van der Waals surface area contributed by atoms with Gasteiger partial charge in [-0.1, -0.05) is 19.0 Å². The van der Waals surface area contributed by atoms with E-state index in [0.29, 0.717) is 17.6 Å². The number of hydrogen-bond acceptors (Lipinski definition) is 5. The van der Waals surface area contributed by atoms with Crippen LogP contribution in [0.5, 0.6) is 5.75 Å². The van der Waals surface area contributed by atoms with Crippen LogP contribution in [0.25, 0.3) is 11.4 Å². The first-order valence-electron chi connectivity index (χ1n) is 5.95. The van der Waals surface area contributed by atoms with E-state index < -0.39 is 0 Å². The normalized spacial score (nSPS) is 12.9. The average Bonchev–Trinajstić information content (AvgIpc) is 2.78. The van der Waals surface area contributed by atoms with Gasteiger partial charge in [-0.15, -0.1) is 0 Å². The molecule has 3 N–H and O–H groups in total. The molecule has 5 heteroatoms. The van der Waals surface area contributed by atoms with Crippen LogP contribution in [0.2, 0.25) is 0 Å². The Balaban J connectivity index is 2.17. The average molecular weight is 247 g/mol. The third-order valence-corrected chi connectivity index (χ3v) is 2.61. The van der Waals surface area contributed by atoms with Crippen LogP contribution < -0.4 is 5.73 Å². The largest absolute Gasteiger partial charge is 0.508 e. The fraction of sp³-hybridized carbons (Fsp3) is 0.385. The van der Waals surface area contributed by atoms with Gasteiger partial charge in [0.15, 0.2) is 0 Å². The number of nitrogens with zero attached hydrogens (tertiary/aromatic N) is 2. The topological polar surface area (TPSA) is 85.2 Å². The molecule has 5 nitrogen and oxygen atoms in total. The van der Waals surface area contributed by atoms with Crippen molar-refractivity contribution in [2.75, 3.05) is 0 Å². The SMILES string of the molecule is CC(C)C[C@H](N)c1nc(-c2ccc(O)cc2)no1. The molecule has 0 bridgehead atoms. The molecule has 2 aromatic rings. The third-order valence-electron chi connectivity index (χ3n) is 2.61. The van der Waals surface area contributed by atoms with Crippen LogP contribution in [-0.4, -0.2) is 15.2 Å². The minimum atomic E-state index is -0.233. The molecule has 0 fully saturated rings. The number of benzene rings is 1. The van der Waals surface area contributed by atoms with Crippen molar-refractivity contribution in [1.29, 1.82) is 0 Å². The summed E-state index contributed by atoms with van der Waals surface area (Å²) in [5.41, 5.74) is 6.77. The van der Waals surface area contributed by atoms with Crippen LogP contribution in [0.15, 0.2) is 28.8 Å². The Morgan fingerprint density at radius 1 is 1.28 bits per heavy atom. The van der Waals surface area contributed by atoms with Crippen molar-refractivity contribution in [2.45, 2.75) is 26.3 Å². The summed E-state index contributed by atoms with van der Waals surface area (Å²) in [6.07, 6.45) is 0.803. The van der Waals surface area contributed by atoms with Gasteiger partial charge in [-0.3, -0.25) is 0 Å². The maximum absolute atomic E-state index is 9.21. The predicted molar refractivity (Wildman–Crippen MR) is 67.8 cm³/mol. The van der Waals surface area contributed by atoms with Gasteiger partial charge in [0.1, 0.15) is 5.75 Å². The van der Waals surface area contributed by atoms with E-state index >= 15 is 0 Å². The standard InChI is InChI=1S/C13H17N3O2/c1-8(2)7-11(14)13-15-12(16-18-13)9-3-5-10(17)6-4-9/h3-6,8,11,17H,7,14H2,1-2H3/t11-/m0/s1. The fourth-order valence-corrected chi connectivity index (χ4v) is 1.72. The first-order chi connectivity index (χ1) is 8.56. The summed E-state index contributed by atoms with van der Waals surface area (Å²) in [6, 6.07) is 6.40. The molecule has 96 valence electrons. The Hall–Kier alpha value is -1.88. The van der Waals surface area contributed by atoms with Crippen LogP contribution in [0.3, 0.4) is 0 Å². The number of aromatic hydroxyl groups is 1. The zero-order valence-corrected chi connectivity index (χ0v) is 10.5. The van der Waals surface area contributed by atoms with E-state index in [1.165, 1.54) is 0 Å². The highest BCUT2D eigenvalue weighted by atomic mass is 16.5. The van der Waals surface area contributed by atoms with E-state index in [1.807, 2.05) is 0 Å². The molecule has 0 aliphatic carbocycles. The molecule has 0 aliphatic rings. The van der Waals surface area contributed by atoms with Gasteiger partial charge in [0.2, 0.25) is 11.7 Å². The van der Waals surface area contributed by atoms with Crippen LogP contribution in [0, 0.1) is 5.92 Å². The van der Waals surface area contributed by atoms with Crippen molar-refractivity contribution in [3.63, 3.8) is 0 Å². The van der Waals surface area contributed by atoms with E-state index in [-0.39, 0.29) is 11.8 Å². The Bertz CT molecular complexity index is 505. The van der Waals surface area contributed by atoms with Crippen molar-refractivity contribution in [1.82, 2.24) is 10.1 Å². The number of aromatic nitrogens is 2. The Morgan fingerprint density at radius 3 is 2.56 bits per heavy atom. The Kier molecular flexibility index (Phi) is 3.62. The summed E-state index contributed by atoms with van der Waals surface area (Å²) in [5.74, 6) is 1.62. The van der Waals surface area contributed by atoms with E-state index in [0.717, 1.165) is 12.0 Å². The molecule has 1 atom stereocenters. The van der Waals surface area contributed by atoms with Crippen LogP contribution in [0.4, 0.5) is 0 Å². The number of nitrogens with two attached hydrogens (primary N) is 1. The second kappa shape index (κ2) is 5.18. The summed E-state index contributed by atoms with van der Waals surface area (Å²) < 4.78 is 5.16. The molecular weight excluding hydrogens is 230 g/mol. The number of hydrogen-bond donors (Lipinski definition) is 2. The molecule has 2 rings (SSSR count). The first-order valence-corrected chi connectivity index (χ1v) is 5.95. The lowest BCUT2D eigenvalue weighted by Gasteiger charge is -2.08. The molecule has 0 spiro atoms. The van der Waals surface area contributed by atoms with E-state index in [1.54, 1.807) is 24.3 Å². The zero-order chi connectivity index (χ0) is 13.1. The minimum Gasteiger partial charge on any atom is -0.508 e. The first kappa shape index (κ1) is 12.6. The Labute approximate surface area is 106 Å². The quantitative estimate of drug-likeness (QED) is 0.867. The fourth-order valence-electron chi connectivity index (χ4n) is 1.72. The van der Waals surface area contributed by atoms with Gasteiger partial charge in [-0.25, -0.2) is 0 Å². The van der Waals surface area contributed by atoms with Crippen LogP contribution >= 0.6 is 0 Å². The molecule has 1 heterocycles. The highest BCUT2D eigenvalue weighted by Gasteiger charge is 2.16. The second-order valence-corrected chi connectivity index (χ2v) is 4.74. The maximum atomic E-state index is 9.21. The molecule has 0 unspecified atom stereocenters. The molecule has 0 saturated carbocycles.